The third-order valence-corrected chi connectivity index (χ3v) is 2.41. The normalized spacial score (nSPS) is 13.1. The number of alkyl halides is 3. The zero-order chi connectivity index (χ0) is 11.6. The van der Waals surface area contributed by atoms with E-state index in [1.165, 1.54) is 12.1 Å². The summed E-state index contributed by atoms with van der Waals surface area (Å²) in [5, 5.41) is 0. The molecule has 0 amide bonds. The Morgan fingerprint density at radius 2 is 1.87 bits per heavy atom. The fourth-order valence-electron chi connectivity index (χ4n) is 1.44. The Morgan fingerprint density at radius 1 is 1.27 bits per heavy atom. The van der Waals surface area contributed by atoms with Crippen molar-refractivity contribution in [2.24, 2.45) is 0 Å². The Balaban J connectivity index is 3.21. The predicted molar refractivity (Wildman–Crippen MR) is 55.5 cm³/mol. The highest BCUT2D eigenvalue weighted by Crippen LogP contribution is 2.31. The molecule has 0 bridgehead atoms. The first-order valence-corrected chi connectivity index (χ1v) is 4.67. The van der Waals surface area contributed by atoms with Crippen LogP contribution in [-0.2, 0) is 6.18 Å². The van der Waals surface area contributed by atoms with Crippen molar-refractivity contribution in [3.63, 3.8) is 0 Å². The van der Waals surface area contributed by atoms with Crippen LogP contribution in [0.4, 0.5) is 13.2 Å². The van der Waals surface area contributed by atoms with Crippen LogP contribution >= 0.6 is 0 Å². The van der Waals surface area contributed by atoms with Crippen LogP contribution in [0.25, 0.3) is 5.57 Å². The van der Waals surface area contributed by atoms with E-state index in [1.54, 1.807) is 6.92 Å². The van der Waals surface area contributed by atoms with Gasteiger partial charge in [0.2, 0.25) is 0 Å². The number of hydrogen-bond acceptors (Lipinski definition) is 0. The molecule has 0 aliphatic rings. The molecule has 0 nitrogen and oxygen atoms in total. The van der Waals surface area contributed by atoms with Crippen molar-refractivity contribution < 1.29 is 13.2 Å². The van der Waals surface area contributed by atoms with Crippen molar-refractivity contribution in [2.75, 3.05) is 0 Å². The van der Waals surface area contributed by atoms with Gasteiger partial charge in [-0.05, 0) is 49.6 Å². The van der Waals surface area contributed by atoms with Crippen molar-refractivity contribution in [1.29, 1.82) is 0 Å². The van der Waals surface area contributed by atoms with Gasteiger partial charge >= 0.3 is 6.18 Å². The molecule has 0 aliphatic heterocycles. The van der Waals surface area contributed by atoms with E-state index in [1.807, 2.05) is 19.9 Å². The third-order valence-electron chi connectivity index (χ3n) is 2.41. The maximum absolute atomic E-state index is 12.4. The molecule has 1 aromatic rings. The molecule has 0 heterocycles. The fourth-order valence-corrected chi connectivity index (χ4v) is 1.44. The molecular weight excluding hydrogens is 201 g/mol. The second-order valence-electron chi connectivity index (χ2n) is 3.50. The summed E-state index contributed by atoms with van der Waals surface area (Å²) in [6.07, 6.45) is -2.37. The van der Waals surface area contributed by atoms with Crippen LogP contribution in [0, 0.1) is 6.92 Å². The van der Waals surface area contributed by atoms with E-state index in [2.05, 4.69) is 0 Å². The molecule has 0 N–H and O–H groups in total. The molecule has 0 spiro atoms. The highest BCUT2D eigenvalue weighted by Gasteiger charge is 2.30. The number of benzene rings is 1. The standard InChI is InChI=1S/C12H13F3/c1-4-8(2)11-6-5-10(7-9(11)3)12(13,14)15/h4-7H,1-3H3/b8-4-. The molecule has 0 unspecified atom stereocenters. The first-order chi connectivity index (χ1) is 6.86. The molecule has 15 heavy (non-hydrogen) atoms. The van der Waals surface area contributed by atoms with Crippen molar-refractivity contribution in [3.05, 3.63) is 41.0 Å². The predicted octanol–water partition coefficient (Wildman–Crippen LogP) is 4.44. The summed E-state index contributed by atoms with van der Waals surface area (Å²) in [6, 6.07) is 3.82. The molecule has 3 heteroatoms. The van der Waals surface area contributed by atoms with Crippen molar-refractivity contribution in [1.82, 2.24) is 0 Å². The molecule has 0 radical (unpaired) electrons. The van der Waals surface area contributed by atoms with E-state index >= 15 is 0 Å². The van der Waals surface area contributed by atoms with Crippen molar-refractivity contribution in [3.8, 4) is 0 Å². The Morgan fingerprint density at radius 3 is 2.27 bits per heavy atom. The first-order valence-electron chi connectivity index (χ1n) is 4.67. The lowest BCUT2D eigenvalue weighted by molar-refractivity contribution is -0.137. The van der Waals surface area contributed by atoms with Crippen molar-refractivity contribution in [2.45, 2.75) is 26.9 Å². The van der Waals surface area contributed by atoms with Gasteiger partial charge < -0.3 is 0 Å². The largest absolute Gasteiger partial charge is 0.416 e. The molecule has 0 aliphatic carbocycles. The van der Waals surface area contributed by atoms with Gasteiger partial charge in [0.15, 0.2) is 0 Å². The Labute approximate surface area is 87.4 Å². The average Bonchev–Trinajstić information content (AvgIpc) is 2.15. The van der Waals surface area contributed by atoms with E-state index in [4.69, 9.17) is 0 Å². The zero-order valence-corrected chi connectivity index (χ0v) is 8.94. The van der Waals surface area contributed by atoms with Crippen LogP contribution in [0.5, 0.6) is 0 Å². The SMILES string of the molecule is C/C=C(/C)c1ccc(C(F)(F)F)cc1C. The maximum atomic E-state index is 12.4. The quantitative estimate of drug-likeness (QED) is 0.648. The van der Waals surface area contributed by atoms with Crippen LogP contribution in [0.2, 0.25) is 0 Å². The summed E-state index contributed by atoms with van der Waals surface area (Å²) in [6.45, 7) is 5.44. The highest BCUT2D eigenvalue weighted by molar-refractivity contribution is 5.66. The summed E-state index contributed by atoms with van der Waals surface area (Å²) < 4.78 is 37.1. The minimum atomic E-state index is -4.26. The minimum Gasteiger partial charge on any atom is -0.166 e. The monoisotopic (exact) mass is 214 g/mol. The number of aryl methyl sites for hydroxylation is 1. The van der Waals surface area contributed by atoms with Gasteiger partial charge in [0.05, 0.1) is 5.56 Å². The number of allylic oxidation sites excluding steroid dienone is 2. The summed E-state index contributed by atoms with van der Waals surface area (Å²) >= 11 is 0. The topological polar surface area (TPSA) is 0 Å². The fraction of sp³-hybridized carbons (Fsp3) is 0.333. The molecule has 1 rings (SSSR count). The van der Waals surface area contributed by atoms with Gasteiger partial charge in [-0.3, -0.25) is 0 Å². The third kappa shape index (κ3) is 2.61. The van der Waals surface area contributed by atoms with Gasteiger partial charge in [0.25, 0.3) is 0 Å². The molecule has 0 atom stereocenters. The Bertz CT molecular complexity index is 386. The first kappa shape index (κ1) is 11.8. The van der Waals surface area contributed by atoms with E-state index in [9.17, 15) is 13.2 Å². The molecular formula is C12H13F3. The van der Waals surface area contributed by atoms with E-state index < -0.39 is 11.7 Å². The average molecular weight is 214 g/mol. The van der Waals surface area contributed by atoms with Gasteiger partial charge in [0, 0.05) is 0 Å². The summed E-state index contributed by atoms with van der Waals surface area (Å²) in [5.41, 5.74) is 1.92. The van der Waals surface area contributed by atoms with Gasteiger partial charge in [-0.25, -0.2) is 0 Å². The molecule has 0 fully saturated rings. The van der Waals surface area contributed by atoms with E-state index in [0.717, 1.165) is 17.2 Å². The second kappa shape index (κ2) is 4.09. The van der Waals surface area contributed by atoms with Crippen LogP contribution in [0.3, 0.4) is 0 Å². The van der Waals surface area contributed by atoms with Crippen LogP contribution in [0.1, 0.15) is 30.5 Å². The molecule has 82 valence electrons. The Kier molecular flexibility index (Phi) is 3.22. The van der Waals surface area contributed by atoms with Gasteiger partial charge in [-0.1, -0.05) is 12.1 Å². The zero-order valence-electron chi connectivity index (χ0n) is 8.94. The van der Waals surface area contributed by atoms with Crippen LogP contribution in [0.15, 0.2) is 24.3 Å². The van der Waals surface area contributed by atoms with Gasteiger partial charge in [-0.15, -0.1) is 0 Å². The number of rotatable bonds is 1. The molecule has 0 saturated heterocycles. The lowest BCUT2D eigenvalue weighted by Gasteiger charge is -2.11. The van der Waals surface area contributed by atoms with Crippen LogP contribution in [-0.4, -0.2) is 0 Å². The van der Waals surface area contributed by atoms with Crippen molar-refractivity contribution >= 4 is 5.57 Å². The smallest absolute Gasteiger partial charge is 0.166 e. The summed E-state index contributed by atoms with van der Waals surface area (Å²) in [4.78, 5) is 0. The Hall–Kier alpha value is -1.25. The molecule has 0 aromatic heterocycles. The molecule has 1 aromatic carbocycles. The number of hydrogen-bond donors (Lipinski definition) is 0. The van der Waals surface area contributed by atoms with E-state index in [-0.39, 0.29) is 0 Å². The highest BCUT2D eigenvalue weighted by atomic mass is 19.4. The molecule has 0 saturated carbocycles. The second-order valence-corrected chi connectivity index (χ2v) is 3.50. The van der Waals surface area contributed by atoms with Gasteiger partial charge in [-0.2, -0.15) is 13.2 Å². The van der Waals surface area contributed by atoms with Gasteiger partial charge in [0.1, 0.15) is 0 Å². The van der Waals surface area contributed by atoms with Crippen LogP contribution < -0.4 is 0 Å². The summed E-state index contributed by atoms with van der Waals surface area (Å²) in [7, 11) is 0. The summed E-state index contributed by atoms with van der Waals surface area (Å²) in [5.74, 6) is 0. The lowest BCUT2D eigenvalue weighted by atomic mass is 9.99. The maximum Gasteiger partial charge on any atom is 0.416 e. The minimum absolute atomic E-state index is 0.590. The number of halogens is 3. The van der Waals surface area contributed by atoms with E-state index in [0.29, 0.717) is 5.56 Å². The lowest BCUT2D eigenvalue weighted by Crippen LogP contribution is -2.05.